The van der Waals surface area contributed by atoms with Gasteiger partial charge >= 0.3 is 0 Å². The van der Waals surface area contributed by atoms with Crippen molar-refractivity contribution in [2.75, 3.05) is 31.1 Å². The fourth-order valence-electron chi connectivity index (χ4n) is 2.33. The summed E-state index contributed by atoms with van der Waals surface area (Å²) in [6.07, 6.45) is 0. The van der Waals surface area contributed by atoms with Crippen molar-refractivity contribution < 1.29 is 0 Å². The Morgan fingerprint density at radius 2 is 2.29 bits per heavy atom. The second kappa shape index (κ2) is 5.15. The van der Waals surface area contributed by atoms with E-state index in [0.717, 1.165) is 32.0 Å². The Labute approximate surface area is 102 Å². The molecule has 1 aromatic heterocycles. The first-order valence-electron chi connectivity index (χ1n) is 6.10. The lowest BCUT2D eigenvalue weighted by atomic mass is 10.2. The third-order valence-corrected chi connectivity index (χ3v) is 3.34. The highest BCUT2D eigenvalue weighted by molar-refractivity contribution is 5.42. The highest BCUT2D eigenvalue weighted by Gasteiger charge is 2.23. The zero-order valence-corrected chi connectivity index (χ0v) is 10.4. The van der Waals surface area contributed by atoms with Crippen LogP contribution in [0.2, 0.25) is 0 Å². The van der Waals surface area contributed by atoms with Crippen molar-refractivity contribution in [2.24, 2.45) is 0 Å². The van der Waals surface area contributed by atoms with E-state index >= 15 is 0 Å². The van der Waals surface area contributed by atoms with E-state index in [-0.39, 0.29) is 0 Å². The highest BCUT2D eigenvalue weighted by atomic mass is 15.3. The van der Waals surface area contributed by atoms with Crippen LogP contribution in [0.3, 0.4) is 0 Å². The number of likely N-dealkylation sites (N-methyl/N-ethyl adjacent to an activating group) is 1. The first-order chi connectivity index (χ1) is 8.24. The zero-order valence-electron chi connectivity index (χ0n) is 10.4. The average molecular weight is 230 g/mol. The van der Waals surface area contributed by atoms with E-state index in [9.17, 15) is 0 Å². The molecule has 1 unspecified atom stereocenters. The minimum atomic E-state index is 0.494. The van der Waals surface area contributed by atoms with Crippen LogP contribution in [0.15, 0.2) is 18.2 Å². The lowest BCUT2D eigenvalue weighted by Crippen LogP contribution is -2.52. The van der Waals surface area contributed by atoms with Crippen LogP contribution in [0.4, 0.5) is 5.82 Å². The topological polar surface area (TPSA) is 43.2 Å². The van der Waals surface area contributed by atoms with E-state index in [4.69, 9.17) is 5.26 Å². The monoisotopic (exact) mass is 230 g/mol. The Bertz CT molecular complexity index is 424. The molecule has 1 fully saturated rings. The van der Waals surface area contributed by atoms with E-state index < -0.39 is 0 Å². The molecule has 4 nitrogen and oxygen atoms in total. The summed E-state index contributed by atoms with van der Waals surface area (Å²) < 4.78 is 0. The lowest BCUT2D eigenvalue weighted by Gasteiger charge is -2.39. The Morgan fingerprint density at radius 3 is 2.94 bits per heavy atom. The number of anilines is 1. The molecule has 0 spiro atoms. The number of pyridine rings is 1. The van der Waals surface area contributed by atoms with Crippen LogP contribution in [0.25, 0.3) is 0 Å². The summed E-state index contributed by atoms with van der Waals surface area (Å²) in [5.74, 6) is 0.923. The molecule has 2 heterocycles. The van der Waals surface area contributed by atoms with Crippen molar-refractivity contribution in [3.8, 4) is 6.07 Å². The van der Waals surface area contributed by atoms with Gasteiger partial charge in [0, 0.05) is 25.7 Å². The molecular formula is C13H18N4. The second-order valence-corrected chi connectivity index (χ2v) is 4.42. The summed E-state index contributed by atoms with van der Waals surface area (Å²) >= 11 is 0. The molecule has 1 aromatic rings. The van der Waals surface area contributed by atoms with Gasteiger partial charge in [-0.1, -0.05) is 13.0 Å². The largest absolute Gasteiger partial charge is 0.354 e. The molecule has 0 amide bonds. The van der Waals surface area contributed by atoms with Gasteiger partial charge in [0.05, 0.1) is 0 Å². The standard InChI is InChI=1S/C13H18N4/c1-3-16-7-8-17(10-11(16)2)13-6-4-5-12(9-14)15-13/h4-6,11H,3,7-8,10H2,1-2H3. The first-order valence-corrected chi connectivity index (χ1v) is 6.10. The molecule has 1 saturated heterocycles. The number of aromatic nitrogens is 1. The van der Waals surface area contributed by atoms with Crippen LogP contribution < -0.4 is 4.90 Å². The maximum absolute atomic E-state index is 8.85. The average Bonchev–Trinajstić information content (AvgIpc) is 2.38. The number of piperazine rings is 1. The molecule has 0 saturated carbocycles. The molecule has 0 N–H and O–H groups in total. The van der Waals surface area contributed by atoms with Crippen LogP contribution in [0.1, 0.15) is 19.5 Å². The van der Waals surface area contributed by atoms with Gasteiger partial charge in [0.15, 0.2) is 0 Å². The van der Waals surface area contributed by atoms with Crippen LogP contribution in [-0.4, -0.2) is 42.1 Å². The maximum Gasteiger partial charge on any atom is 0.142 e. The van der Waals surface area contributed by atoms with Crippen molar-refractivity contribution in [1.82, 2.24) is 9.88 Å². The van der Waals surface area contributed by atoms with E-state index in [2.05, 4.69) is 34.7 Å². The summed E-state index contributed by atoms with van der Waals surface area (Å²) in [6.45, 7) is 8.57. The Morgan fingerprint density at radius 1 is 1.47 bits per heavy atom. The zero-order chi connectivity index (χ0) is 12.3. The molecule has 0 aliphatic carbocycles. The summed E-state index contributed by atoms with van der Waals surface area (Å²) in [5, 5.41) is 8.85. The quantitative estimate of drug-likeness (QED) is 0.772. The number of nitriles is 1. The molecule has 1 aliphatic rings. The number of rotatable bonds is 2. The van der Waals surface area contributed by atoms with Gasteiger partial charge in [-0.2, -0.15) is 5.26 Å². The van der Waals surface area contributed by atoms with Gasteiger partial charge in [-0.25, -0.2) is 4.98 Å². The molecule has 17 heavy (non-hydrogen) atoms. The first kappa shape index (κ1) is 11.9. The van der Waals surface area contributed by atoms with Crippen molar-refractivity contribution in [3.05, 3.63) is 23.9 Å². The fraction of sp³-hybridized carbons (Fsp3) is 0.538. The maximum atomic E-state index is 8.85. The normalized spacial score (nSPS) is 21.2. The molecule has 2 rings (SSSR count). The predicted molar refractivity (Wildman–Crippen MR) is 67.9 cm³/mol. The Balaban J connectivity index is 2.11. The third kappa shape index (κ3) is 2.56. The van der Waals surface area contributed by atoms with Crippen LogP contribution >= 0.6 is 0 Å². The summed E-state index contributed by atoms with van der Waals surface area (Å²) in [5.41, 5.74) is 0.494. The Kier molecular flexibility index (Phi) is 3.60. The van der Waals surface area contributed by atoms with Gasteiger partial charge in [-0.3, -0.25) is 4.90 Å². The highest BCUT2D eigenvalue weighted by Crippen LogP contribution is 2.16. The molecule has 0 bridgehead atoms. The van der Waals surface area contributed by atoms with Gasteiger partial charge in [-0.05, 0) is 25.6 Å². The minimum absolute atomic E-state index is 0.494. The molecular weight excluding hydrogens is 212 g/mol. The predicted octanol–water partition coefficient (Wildman–Crippen LogP) is 1.48. The minimum Gasteiger partial charge on any atom is -0.354 e. The third-order valence-electron chi connectivity index (χ3n) is 3.34. The number of hydrogen-bond donors (Lipinski definition) is 0. The van der Waals surface area contributed by atoms with E-state index in [0.29, 0.717) is 11.7 Å². The van der Waals surface area contributed by atoms with Crippen LogP contribution in [-0.2, 0) is 0 Å². The van der Waals surface area contributed by atoms with Crippen molar-refractivity contribution in [2.45, 2.75) is 19.9 Å². The summed E-state index contributed by atoms with van der Waals surface area (Å²) in [4.78, 5) is 9.07. The van der Waals surface area contributed by atoms with E-state index in [1.54, 1.807) is 6.07 Å². The summed E-state index contributed by atoms with van der Waals surface area (Å²) in [6, 6.07) is 8.26. The Hall–Kier alpha value is -1.60. The molecule has 0 aromatic carbocycles. The lowest BCUT2D eigenvalue weighted by molar-refractivity contribution is 0.199. The van der Waals surface area contributed by atoms with Gasteiger partial charge in [0.2, 0.25) is 0 Å². The second-order valence-electron chi connectivity index (χ2n) is 4.42. The summed E-state index contributed by atoms with van der Waals surface area (Å²) in [7, 11) is 0. The number of nitrogens with zero attached hydrogens (tertiary/aromatic N) is 4. The van der Waals surface area contributed by atoms with Crippen molar-refractivity contribution >= 4 is 5.82 Å². The van der Waals surface area contributed by atoms with Gasteiger partial charge < -0.3 is 4.90 Å². The molecule has 0 radical (unpaired) electrons. The molecule has 90 valence electrons. The SMILES string of the molecule is CCN1CCN(c2cccc(C#N)n2)CC1C. The number of hydrogen-bond acceptors (Lipinski definition) is 4. The molecule has 1 aliphatic heterocycles. The van der Waals surface area contributed by atoms with Crippen molar-refractivity contribution in [3.63, 3.8) is 0 Å². The molecule has 1 atom stereocenters. The van der Waals surface area contributed by atoms with Gasteiger partial charge in [0.25, 0.3) is 0 Å². The fourth-order valence-corrected chi connectivity index (χ4v) is 2.33. The smallest absolute Gasteiger partial charge is 0.142 e. The van der Waals surface area contributed by atoms with E-state index in [1.165, 1.54) is 0 Å². The van der Waals surface area contributed by atoms with E-state index in [1.807, 2.05) is 12.1 Å². The van der Waals surface area contributed by atoms with Crippen LogP contribution in [0, 0.1) is 11.3 Å². The molecule has 4 heteroatoms. The van der Waals surface area contributed by atoms with Gasteiger partial charge in [-0.15, -0.1) is 0 Å². The van der Waals surface area contributed by atoms with Gasteiger partial charge in [0.1, 0.15) is 17.6 Å². The van der Waals surface area contributed by atoms with Crippen LogP contribution in [0.5, 0.6) is 0 Å². The van der Waals surface area contributed by atoms with Crippen molar-refractivity contribution in [1.29, 1.82) is 5.26 Å².